The average molecular weight is 409 g/mol. The lowest BCUT2D eigenvalue weighted by molar-refractivity contribution is -0.251. The molecule has 1 aliphatic carbocycles. The quantitative estimate of drug-likeness (QED) is 0.763. The van der Waals surface area contributed by atoms with Crippen LogP contribution in [0.25, 0.3) is 0 Å². The van der Waals surface area contributed by atoms with Crippen LogP contribution < -0.4 is 5.46 Å². The summed E-state index contributed by atoms with van der Waals surface area (Å²) in [7, 11) is -1.55. The standard InChI is InChI=1S/C24H32BNO4/c1-16-13-19-20(23(4,5)10-9-22(19,2)3)14-18(16)24(29-11-6-12-30-24)21-8-7-17(15-26-21)25(27)28/h7-8,13-15,27-28H,6,9-12H2,1-5H3. The van der Waals surface area contributed by atoms with Crippen LogP contribution in [0.2, 0.25) is 0 Å². The van der Waals surface area contributed by atoms with Gasteiger partial charge in [-0.3, -0.25) is 4.98 Å². The summed E-state index contributed by atoms with van der Waals surface area (Å²) in [6.45, 7) is 12.5. The van der Waals surface area contributed by atoms with Gasteiger partial charge in [-0.1, -0.05) is 39.8 Å². The van der Waals surface area contributed by atoms with Crippen molar-refractivity contribution in [2.24, 2.45) is 0 Å². The maximum Gasteiger partial charge on any atom is 0.490 e. The van der Waals surface area contributed by atoms with E-state index >= 15 is 0 Å². The van der Waals surface area contributed by atoms with Crippen molar-refractivity contribution in [2.45, 2.75) is 70.5 Å². The predicted molar refractivity (Wildman–Crippen MR) is 118 cm³/mol. The second kappa shape index (κ2) is 7.45. The minimum absolute atomic E-state index is 0.0709. The van der Waals surface area contributed by atoms with Crippen LogP contribution in [0.3, 0.4) is 0 Å². The van der Waals surface area contributed by atoms with E-state index in [9.17, 15) is 10.0 Å². The van der Waals surface area contributed by atoms with Crippen molar-refractivity contribution in [3.05, 3.63) is 58.4 Å². The predicted octanol–water partition coefficient (Wildman–Crippen LogP) is 3.06. The van der Waals surface area contributed by atoms with Crippen LogP contribution in [0.5, 0.6) is 0 Å². The molecule has 1 aromatic heterocycles. The highest BCUT2D eigenvalue weighted by atomic mass is 16.7. The minimum atomic E-state index is -1.55. The zero-order valence-corrected chi connectivity index (χ0v) is 18.7. The summed E-state index contributed by atoms with van der Waals surface area (Å²) >= 11 is 0. The van der Waals surface area contributed by atoms with Crippen LogP contribution >= 0.6 is 0 Å². The number of ether oxygens (including phenoxy) is 2. The molecule has 0 saturated carbocycles. The lowest BCUT2D eigenvalue weighted by atomic mass is 9.62. The Bertz CT molecular complexity index is 931. The number of hydrogen-bond acceptors (Lipinski definition) is 5. The van der Waals surface area contributed by atoms with Crippen molar-refractivity contribution in [3.63, 3.8) is 0 Å². The van der Waals surface area contributed by atoms with Crippen LogP contribution in [0.15, 0.2) is 30.5 Å². The summed E-state index contributed by atoms with van der Waals surface area (Å²) in [4.78, 5) is 4.52. The third-order valence-electron chi connectivity index (χ3n) is 6.87. The molecule has 2 aliphatic rings. The summed E-state index contributed by atoms with van der Waals surface area (Å²) in [6.07, 6.45) is 4.60. The van der Waals surface area contributed by atoms with Crippen LogP contribution in [0, 0.1) is 6.92 Å². The zero-order valence-electron chi connectivity index (χ0n) is 18.7. The molecule has 0 bridgehead atoms. The van der Waals surface area contributed by atoms with Crippen molar-refractivity contribution >= 4 is 12.6 Å². The molecule has 2 N–H and O–H groups in total. The van der Waals surface area contributed by atoms with E-state index in [0.29, 0.717) is 24.4 Å². The Labute approximate surface area is 179 Å². The fourth-order valence-electron chi connectivity index (χ4n) is 4.80. The molecule has 160 valence electrons. The number of benzene rings is 1. The van der Waals surface area contributed by atoms with Crippen molar-refractivity contribution in [1.82, 2.24) is 4.98 Å². The van der Waals surface area contributed by atoms with Gasteiger partial charge in [0.2, 0.25) is 5.79 Å². The first kappa shape index (κ1) is 21.5. The first-order chi connectivity index (χ1) is 14.1. The van der Waals surface area contributed by atoms with E-state index in [1.807, 2.05) is 0 Å². The maximum atomic E-state index is 9.44. The first-order valence-corrected chi connectivity index (χ1v) is 10.8. The number of aromatic nitrogens is 1. The monoisotopic (exact) mass is 409 g/mol. The van der Waals surface area contributed by atoms with Gasteiger partial charge < -0.3 is 19.5 Å². The molecule has 2 aromatic rings. The third-order valence-corrected chi connectivity index (χ3v) is 6.87. The van der Waals surface area contributed by atoms with Gasteiger partial charge in [0.1, 0.15) is 5.69 Å². The van der Waals surface area contributed by atoms with Gasteiger partial charge in [-0.15, -0.1) is 0 Å². The molecule has 5 nitrogen and oxygen atoms in total. The van der Waals surface area contributed by atoms with Crippen molar-refractivity contribution in [2.75, 3.05) is 13.2 Å². The molecule has 1 aromatic carbocycles. The normalized spacial score (nSPS) is 21.7. The summed E-state index contributed by atoms with van der Waals surface area (Å²) in [5.74, 6) is -1.09. The van der Waals surface area contributed by atoms with Crippen molar-refractivity contribution in [3.8, 4) is 0 Å². The molecular weight excluding hydrogens is 377 g/mol. The Morgan fingerprint density at radius 2 is 1.50 bits per heavy atom. The Hall–Kier alpha value is -1.73. The highest BCUT2D eigenvalue weighted by Gasteiger charge is 2.45. The van der Waals surface area contributed by atoms with E-state index < -0.39 is 12.9 Å². The largest absolute Gasteiger partial charge is 0.490 e. The van der Waals surface area contributed by atoms with Gasteiger partial charge in [0, 0.05) is 17.2 Å². The topological polar surface area (TPSA) is 71.8 Å². The average Bonchev–Trinajstić information content (AvgIpc) is 2.72. The van der Waals surface area contributed by atoms with E-state index in [2.05, 4.69) is 51.7 Å². The number of fused-ring (bicyclic) bond motifs is 1. The van der Waals surface area contributed by atoms with Crippen LogP contribution in [0.1, 0.15) is 74.9 Å². The molecule has 4 rings (SSSR count). The molecule has 0 amide bonds. The SMILES string of the molecule is Cc1cc2c(cc1C1(c3ccc(B(O)O)cn3)OCCCO1)C(C)(C)CCC2(C)C. The van der Waals surface area contributed by atoms with Crippen LogP contribution in [-0.2, 0) is 26.1 Å². The lowest BCUT2D eigenvalue weighted by Crippen LogP contribution is -2.42. The molecule has 0 atom stereocenters. The number of hydrogen-bond donors (Lipinski definition) is 2. The van der Waals surface area contributed by atoms with Crippen LogP contribution in [0.4, 0.5) is 0 Å². The van der Waals surface area contributed by atoms with E-state index in [1.165, 1.54) is 17.3 Å². The van der Waals surface area contributed by atoms with Gasteiger partial charge in [0.05, 0.1) is 13.2 Å². The molecule has 0 radical (unpaired) electrons. The number of pyridine rings is 1. The molecule has 1 fully saturated rings. The lowest BCUT2D eigenvalue weighted by Gasteiger charge is -2.44. The van der Waals surface area contributed by atoms with E-state index in [0.717, 1.165) is 30.4 Å². The molecule has 30 heavy (non-hydrogen) atoms. The summed E-state index contributed by atoms with van der Waals surface area (Å²) in [5.41, 5.74) is 6.02. The Morgan fingerprint density at radius 1 is 0.900 bits per heavy atom. The molecule has 0 spiro atoms. The number of aryl methyl sites for hydroxylation is 1. The number of rotatable bonds is 3. The van der Waals surface area contributed by atoms with E-state index in [-0.39, 0.29) is 10.8 Å². The van der Waals surface area contributed by atoms with E-state index in [4.69, 9.17) is 9.47 Å². The fourth-order valence-corrected chi connectivity index (χ4v) is 4.80. The second-order valence-electron chi connectivity index (χ2n) is 10.00. The van der Waals surface area contributed by atoms with Gasteiger partial charge in [-0.2, -0.15) is 0 Å². The Morgan fingerprint density at radius 3 is 2.03 bits per heavy atom. The van der Waals surface area contributed by atoms with Crippen LogP contribution in [-0.4, -0.2) is 35.4 Å². The maximum absolute atomic E-state index is 9.44. The van der Waals surface area contributed by atoms with E-state index in [1.54, 1.807) is 12.1 Å². The minimum Gasteiger partial charge on any atom is -0.423 e. The highest BCUT2D eigenvalue weighted by Crippen LogP contribution is 2.49. The van der Waals surface area contributed by atoms with Crippen molar-refractivity contribution in [1.29, 1.82) is 0 Å². The smallest absolute Gasteiger partial charge is 0.423 e. The van der Waals surface area contributed by atoms with Gasteiger partial charge in [-0.25, -0.2) is 0 Å². The highest BCUT2D eigenvalue weighted by molar-refractivity contribution is 6.58. The van der Waals surface area contributed by atoms with Crippen molar-refractivity contribution < 1.29 is 19.5 Å². The first-order valence-electron chi connectivity index (χ1n) is 10.8. The number of nitrogens with zero attached hydrogens (tertiary/aromatic N) is 1. The Kier molecular flexibility index (Phi) is 5.34. The van der Waals surface area contributed by atoms with Gasteiger partial charge >= 0.3 is 7.12 Å². The molecule has 6 heteroatoms. The second-order valence-corrected chi connectivity index (χ2v) is 10.00. The summed E-state index contributed by atoms with van der Waals surface area (Å²) in [6, 6.07) is 8.01. The molecule has 1 aliphatic heterocycles. The van der Waals surface area contributed by atoms with Gasteiger partial charge in [0.15, 0.2) is 0 Å². The summed E-state index contributed by atoms with van der Waals surface area (Å²) in [5, 5.41) is 18.9. The zero-order chi connectivity index (χ0) is 21.7. The molecule has 0 unspecified atom stereocenters. The molecule has 1 saturated heterocycles. The molecular formula is C24H32BNO4. The third kappa shape index (κ3) is 3.50. The Balaban J connectivity index is 1.90. The summed E-state index contributed by atoms with van der Waals surface area (Å²) < 4.78 is 12.6. The van der Waals surface area contributed by atoms with Gasteiger partial charge in [-0.05, 0) is 65.8 Å². The molecule has 2 heterocycles. The van der Waals surface area contributed by atoms with Gasteiger partial charge in [0.25, 0.3) is 0 Å². The fraction of sp³-hybridized carbons (Fsp3) is 0.542.